The lowest BCUT2D eigenvalue weighted by molar-refractivity contribution is -0.120. The van der Waals surface area contributed by atoms with Crippen LogP contribution in [-0.4, -0.2) is 29.2 Å². The van der Waals surface area contributed by atoms with Gasteiger partial charge in [-0.1, -0.05) is 18.2 Å². The Morgan fingerprint density at radius 1 is 1.00 bits per heavy atom. The Hall–Kier alpha value is -3.28. The van der Waals surface area contributed by atoms with E-state index in [1.54, 1.807) is 6.07 Å². The first-order valence-corrected chi connectivity index (χ1v) is 10.2. The number of carbonyl (C=O) groups excluding carboxylic acids is 1. The van der Waals surface area contributed by atoms with Crippen molar-refractivity contribution in [2.45, 2.75) is 26.7 Å². The number of benzene rings is 2. The molecule has 5 nitrogen and oxygen atoms in total. The van der Waals surface area contributed by atoms with Gasteiger partial charge in [0, 0.05) is 30.3 Å². The van der Waals surface area contributed by atoms with Crippen LogP contribution in [0.1, 0.15) is 24.0 Å². The second-order valence-corrected chi connectivity index (χ2v) is 7.84. The van der Waals surface area contributed by atoms with Gasteiger partial charge in [-0.3, -0.25) is 4.79 Å². The first kappa shape index (κ1) is 20.0. The van der Waals surface area contributed by atoms with Crippen molar-refractivity contribution >= 4 is 17.4 Å². The Morgan fingerprint density at radius 3 is 2.47 bits per heavy atom. The van der Waals surface area contributed by atoms with Gasteiger partial charge in [-0.25, -0.2) is 4.39 Å². The van der Waals surface area contributed by atoms with Gasteiger partial charge >= 0.3 is 0 Å². The molecule has 1 N–H and O–H groups in total. The van der Waals surface area contributed by atoms with Crippen molar-refractivity contribution in [1.29, 1.82) is 0 Å². The van der Waals surface area contributed by atoms with Crippen molar-refractivity contribution in [3.8, 4) is 11.3 Å². The predicted octanol–water partition coefficient (Wildman–Crippen LogP) is 4.75. The molecule has 2 aromatic carbocycles. The summed E-state index contributed by atoms with van der Waals surface area (Å²) in [4.78, 5) is 14.8. The molecular weight excluding hydrogens is 379 g/mol. The number of hydrogen-bond acceptors (Lipinski definition) is 4. The topological polar surface area (TPSA) is 58.1 Å². The maximum absolute atomic E-state index is 13.4. The lowest BCUT2D eigenvalue weighted by atomic mass is 9.95. The molecule has 1 fully saturated rings. The minimum atomic E-state index is -0.292. The summed E-state index contributed by atoms with van der Waals surface area (Å²) < 4.78 is 13.4. The minimum absolute atomic E-state index is 0.0117. The Labute approximate surface area is 176 Å². The average molecular weight is 404 g/mol. The van der Waals surface area contributed by atoms with E-state index in [9.17, 15) is 9.18 Å². The molecule has 0 spiro atoms. The molecule has 1 saturated heterocycles. The van der Waals surface area contributed by atoms with Crippen molar-refractivity contribution in [2.24, 2.45) is 5.92 Å². The third kappa shape index (κ3) is 4.48. The molecule has 0 bridgehead atoms. The van der Waals surface area contributed by atoms with Crippen LogP contribution in [0.4, 0.5) is 15.9 Å². The van der Waals surface area contributed by atoms with Gasteiger partial charge in [0.15, 0.2) is 5.82 Å². The van der Waals surface area contributed by atoms with Crippen molar-refractivity contribution in [3.05, 3.63) is 71.5 Å². The standard InChI is InChI=1S/C24H25FN4O/c1-16-6-7-21(14-17(16)2)26-24(30)18-10-12-29(13-11-18)23-9-8-22(27-28-23)19-4-3-5-20(25)15-19/h3-9,14-15,18H,10-13H2,1-2H3,(H,26,30). The molecule has 0 atom stereocenters. The predicted molar refractivity (Wildman–Crippen MR) is 117 cm³/mol. The smallest absolute Gasteiger partial charge is 0.227 e. The number of nitrogens with zero attached hydrogens (tertiary/aromatic N) is 3. The number of nitrogens with one attached hydrogen (secondary N) is 1. The lowest BCUT2D eigenvalue weighted by Gasteiger charge is -2.31. The minimum Gasteiger partial charge on any atom is -0.355 e. The third-order valence-corrected chi connectivity index (χ3v) is 5.74. The molecule has 0 unspecified atom stereocenters. The highest BCUT2D eigenvalue weighted by molar-refractivity contribution is 5.92. The maximum Gasteiger partial charge on any atom is 0.227 e. The molecule has 1 amide bonds. The number of amides is 1. The van der Waals surface area contributed by atoms with E-state index in [1.165, 1.54) is 23.3 Å². The Kier molecular flexibility index (Phi) is 5.74. The van der Waals surface area contributed by atoms with Crippen LogP contribution >= 0.6 is 0 Å². The monoisotopic (exact) mass is 404 g/mol. The first-order valence-electron chi connectivity index (χ1n) is 10.2. The van der Waals surface area contributed by atoms with E-state index in [4.69, 9.17) is 0 Å². The summed E-state index contributed by atoms with van der Waals surface area (Å²) in [6.45, 7) is 5.60. The number of hydrogen-bond donors (Lipinski definition) is 1. The zero-order chi connectivity index (χ0) is 21.1. The van der Waals surface area contributed by atoms with E-state index in [1.807, 2.05) is 43.3 Å². The summed E-state index contributed by atoms with van der Waals surface area (Å²) in [6.07, 6.45) is 1.54. The zero-order valence-corrected chi connectivity index (χ0v) is 17.2. The molecule has 2 heterocycles. The molecule has 4 rings (SSSR count). The fourth-order valence-corrected chi connectivity index (χ4v) is 3.73. The van der Waals surface area contributed by atoms with Crippen LogP contribution in [0.5, 0.6) is 0 Å². The summed E-state index contributed by atoms with van der Waals surface area (Å²) >= 11 is 0. The number of carbonyl (C=O) groups is 1. The summed E-state index contributed by atoms with van der Waals surface area (Å²) in [6, 6.07) is 16.1. The second-order valence-electron chi connectivity index (χ2n) is 7.84. The molecule has 30 heavy (non-hydrogen) atoms. The SMILES string of the molecule is Cc1ccc(NC(=O)C2CCN(c3ccc(-c4cccc(F)c4)nn3)CC2)cc1C. The molecule has 6 heteroatoms. The lowest BCUT2D eigenvalue weighted by Crippen LogP contribution is -2.38. The first-order chi connectivity index (χ1) is 14.5. The third-order valence-electron chi connectivity index (χ3n) is 5.74. The molecule has 154 valence electrons. The van der Waals surface area contributed by atoms with Crippen LogP contribution in [0.2, 0.25) is 0 Å². The summed E-state index contributed by atoms with van der Waals surface area (Å²) in [5, 5.41) is 11.6. The van der Waals surface area contributed by atoms with Gasteiger partial charge in [0.2, 0.25) is 5.91 Å². The van der Waals surface area contributed by atoms with Gasteiger partial charge in [0.05, 0.1) is 5.69 Å². The van der Waals surface area contributed by atoms with Crippen LogP contribution in [0.25, 0.3) is 11.3 Å². The fourth-order valence-electron chi connectivity index (χ4n) is 3.73. The molecule has 0 radical (unpaired) electrons. The van der Waals surface area contributed by atoms with Crippen molar-refractivity contribution in [3.63, 3.8) is 0 Å². The number of anilines is 2. The maximum atomic E-state index is 13.4. The number of piperidine rings is 1. The van der Waals surface area contributed by atoms with Crippen LogP contribution in [0.3, 0.4) is 0 Å². The van der Waals surface area contributed by atoms with Crippen molar-refractivity contribution in [2.75, 3.05) is 23.3 Å². The van der Waals surface area contributed by atoms with Gasteiger partial charge in [-0.2, -0.15) is 0 Å². The largest absolute Gasteiger partial charge is 0.355 e. The summed E-state index contributed by atoms with van der Waals surface area (Å²) in [5.41, 5.74) is 4.58. The zero-order valence-electron chi connectivity index (χ0n) is 17.2. The van der Waals surface area contributed by atoms with Crippen molar-refractivity contribution in [1.82, 2.24) is 10.2 Å². The Morgan fingerprint density at radius 2 is 1.80 bits per heavy atom. The van der Waals surface area contributed by atoms with Crippen molar-refractivity contribution < 1.29 is 9.18 Å². The molecule has 3 aromatic rings. The average Bonchev–Trinajstić information content (AvgIpc) is 2.76. The van der Waals surface area contributed by atoms with E-state index < -0.39 is 0 Å². The highest BCUT2D eigenvalue weighted by Gasteiger charge is 2.26. The molecule has 0 saturated carbocycles. The van der Waals surface area contributed by atoms with Gasteiger partial charge in [-0.15, -0.1) is 10.2 Å². The number of aryl methyl sites for hydroxylation is 2. The fraction of sp³-hybridized carbons (Fsp3) is 0.292. The Bertz CT molecular complexity index is 1040. The van der Waals surface area contributed by atoms with E-state index in [0.717, 1.165) is 37.4 Å². The number of rotatable bonds is 4. The van der Waals surface area contributed by atoms with E-state index >= 15 is 0 Å². The normalized spacial score (nSPS) is 14.6. The van der Waals surface area contributed by atoms with Crippen LogP contribution < -0.4 is 10.2 Å². The molecule has 1 aromatic heterocycles. The molecule has 1 aliphatic rings. The van der Waals surface area contributed by atoms with E-state index in [2.05, 4.69) is 27.3 Å². The van der Waals surface area contributed by atoms with Crippen LogP contribution in [-0.2, 0) is 4.79 Å². The second kappa shape index (κ2) is 8.61. The van der Waals surface area contributed by atoms with Crippen LogP contribution in [0.15, 0.2) is 54.6 Å². The quantitative estimate of drug-likeness (QED) is 0.681. The summed E-state index contributed by atoms with van der Waals surface area (Å²) in [7, 11) is 0. The highest BCUT2D eigenvalue weighted by atomic mass is 19.1. The van der Waals surface area contributed by atoms with Crippen LogP contribution in [0, 0.1) is 25.6 Å². The Balaban J connectivity index is 1.34. The molecule has 0 aliphatic carbocycles. The van der Waals surface area contributed by atoms with Gasteiger partial charge < -0.3 is 10.2 Å². The number of aromatic nitrogens is 2. The highest BCUT2D eigenvalue weighted by Crippen LogP contribution is 2.25. The number of halogens is 1. The molecular formula is C24H25FN4O. The van der Waals surface area contributed by atoms with Gasteiger partial charge in [-0.05, 0) is 74.2 Å². The van der Waals surface area contributed by atoms with E-state index in [-0.39, 0.29) is 17.6 Å². The van der Waals surface area contributed by atoms with Gasteiger partial charge in [0.25, 0.3) is 0 Å². The van der Waals surface area contributed by atoms with E-state index in [0.29, 0.717) is 11.3 Å². The summed E-state index contributed by atoms with van der Waals surface area (Å²) in [5.74, 6) is 0.551. The molecule has 1 aliphatic heterocycles. The van der Waals surface area contributed by atoms with Gasteiger partial charge in [0.1, 0.15) is 5.82 Å².